The van der Waals surface area contributed by atoms with Gasteiger partial charge in [-0.15, -0.1) is 11.8 Å². The number of allylic oxidation sites excluding steroid dienone is 2. The zero-order chi connectivity index (χ0) is 7.72. The molecule has 4 heteroatoms. The molecule has 1 rings (SSSR count). The van der Waals surface area contributed by atoms with Crippen LogP contribution in [0.1, 0.15) is 6.92 Å². The van der Waals surface area contributed by atoms with E-state index >= 15 is 0 Å². The Morgan fingerprint density at radius 2 is 2.30 bits per heavy atom. The Labute approximate surface area is 80.9 Å². The van der Waals surface area contributed by atoms with Gasteiger partial charge in [-0.1, -0.05) is 37.9 Å². The molecular formula is C6H6Br2OS. The summed E-state index contributed by atoms with van der Waals surface area (Å²) < 4.78 is 0.311. The van der Waals surface area contributed by atoms with E-state index in [1.165, 1.54) is 0 Å². The van der Waals surface area contributed by atoms with Crippen LogP contribution in [0.15, 0.2) is 11.0 Å². The summed E-state index contributed by atoms with van der Waals surface area (Å²) in [7, 11) is 0. The first-order chi connectivity index (χ1) is 4.61. The van der Waals surface area contributed by atoms with Crippen LogP contribution in [0, 0.1) is 0 Å². The zero-order valence-corrected chi connectivity index (χ0v) is 9.29. The van der Waals surface area contributed by atoms with Crippen LogP contribution >= 0.6 is 43.6 Å². The van der Waals surface area contributed by atoms with Crippen molar-refractivity contribution in [3.63, 3.8) is 0 Å². The van der Waals surface area contributed by atoms with Gasteiger partial charge >= 0.3 is 0 Å². The van der Waals surface area contributed by atoms with E-state index < -0.39 is 0 Å². The molecule has 1 aliphatic heterocycles. The third-order valence-corrected chi connectivity index (χ3v) is 5.33. The lowest BCUT2D eigenvalue weighted by atomic mass is 10.3. The molecule has 0 N–H and O–H groups in total. The molecule has 2 atom stereocenters. The summed E-state index contributed by atoms with van der Waals surface area (Å²) in [6.07, 6.45) is 1.94. The highest BCUT2D eigenvalue weighted by Crippen LogP contribution is 2.39. The lowest BCUT2D eigenvalue weighted by molar-refractivity contribution is -0.112. The quantitative estimate of drug-likeness (QED) is 0.689. The molecule has 0 spiro atoms. The fourth-order valence-electron chi connectivity index (χ4n) is 0.646. The summed E-state index contributed by atoms with van der Waals surface area (Å²) in [5, 5.41) is 0. The highest BCUT2D eigenvalue weighted by Gasteiger charge is 2.25. The summed E-state index contributed by atoms with van der Waals surface area (Å²) in [5.74, 6) is 0.149. The fourth-order valence-corrected chi connectivity index (χ4v) is 3.01. The van der Waals surface area contributed by atoms with E-state index in [4.69, 9.17) is 0 Å². The summed E-state index contributed by atoms with van der Waals surface area (Å²) >= 11 is 8.40. The van der Waals surface area contributed by atoms with E-state index in [0.717, 1.165) is 4.91 Å². The van der Waals surface area contributed by atoms with Gasteiger partial charge in [0.15, 0.2) is 5.78 Å². The van der Waals surface area contributed by atoms with E-state index in [0.29, 0.717) is 4.16 Å². The van der Waals surface area contributed by atoms with Gasteiger partial charge in [-0.25, -0.2) is 0 Å². The molecule has 0 aromatic rings. The molecule has 0 aromatic heterocycles. The van der Waals surface area contributed by atoms with Crippen molar-refractivity contribution in [2.24, 2.45) is 0 Å². The van der Waals surface area contributed by atoms with Gasteiger partial charge in [-0.3, -0.25) is 4.79 Å². The van der Waals surface area contributed by atoms with Crippen LogP contribution in [0.3, 0.4) is 0 Å². The maximum absolute atomic E-state index is 10.8. The number of Topliss-reactive ketones (excluding diaryl/α,β-unsaturated/α-hetero) is 1. The molecule has 0 saturated heterocycles. The van der Waals surface area contributed by atoms with Gasteiger partial charge in [-0.2, -0.15) is 0 Å². The number of ketones is 1. The molecule has 0 aliphatic carbocycles. The van der Waals surface area contributed by atoms with Crippen molar-refractivity contribution in [1.82, 2.24) is 0 Å². The normalized spacial score (nSPS) is 32.1. The van der Waals surface area contributed by atoms with Crippen molar-refractivity contribution in [3.8, 4) is 0 Å². The number of rotatable bonds is 1. The molecule has 1 nitrogen and oxygen atoms in total. The van der Waals surface area contributed by atoms with E-state index in [-0.39, 0.29) is 10.6 Å². The lowest BCUT2D eigenvalue weighted by Crippen LogP contribution is -1.98. The van der Waals surface area contributed by atoms with Crippen molar-refractivity contribution in [2.45, 2.75) is 15.9 Å². The van der Waals surface area contributed by atoms with Gasteiger partial charge in [0.2, 0.25) is 0 Å². The molecule has 0 bridgehead atoms. The molecule has 0 radical (unpaired) electrons. The molecule has 2 unspecified atom stereocenters. The van der Waals surface area contributed by atoms with Crippen LogP contribution < -0.4 is 0 Å². The third-order valence-electron chi connectivity index (χ3n) is 1.15. The minimum Gasteiger partial charge on any atom is -0.294 e. The number of alkyl halides is 2. The van der Waals surface area contributed by atoms with Crippen LogP contribution in [0.2, 0.25) is 0 Å². The average molecular weight is 286 g/mol. The second-order valence-corrected chi connectivity index (χ2v) is 5.83. The van der Waals surface area contributed by atoms with Crippen LogP contribution in [-0.2, 0) is 4.79 Å². The van der Waals surface area contributed by atoms with E-state index in [1.54, 1.807) is 18.7 Å². The predicted molar refractivity (Wildman–Crippen MR) is 51.8 cm³/mol. The van der Waals surface area contributed by atoms with E-state index in [2.05, 4.69) is 31.9 Å². The zero-order valence-electron chi connectivity index (χ0n) is 5.30. The van der Waals surface area contributed by atoms with Crippen LogP contribution in [0.5, 0.6) is 0 Å². The van der Waals surface area contributed by atoms with Gasteiger partial charge in [0.1, 0.15) is 0 Å². The third kappa shape index (κ3) is 1.86. The minimum absolute atomic E-state index is 0.149. The van der Waals surface area contributed by atoms with Crippen molar-refractivity contribution in [3.05, 3.63) is 11.0 Å². The minimum atomic E-state index is 0.149. The molecule has 1 heterocycles. The van der Waals surface area contributed by atoms with Crippen LogP contribution in [-0.4, -0.2) is 14.8 Å². The lowest BCUT2D eigenvalue weighted by Gasteiger charge is -2.01. The summed E-state index contributed by atoms with van der Waals surface area (Å²) in [6.45, 7) is 1.59. The Kier molecular flexibility index (Phi) is 3.01. The molecule has 0 fully saturated rings. The Hall–Kier alpha value is 0.720. The number of thioether (sulfide) groups is 1. The monoisotopic (exact) mass is 284 g/mol. The Bertz CT molecular complexity index is 190. The molecular weight excluding hydrogens is 280 g/mol. The fraction of sp³-hybridized carbons (Fsp3) is 0.500. The SMILES string of the molecule is CC(=O)C1=CC(Br)C(Br)S1. The van der Waals surface area contributed by atoms with Gasteiger partial charge in [-0.05, 0) is 6.92 Å². The first kappa shape index (κ1) is 8.81. The average Bonchev–Trinajstić information content (AvgIpc) is 2.13. The molecule has 10 heavy (non-hydrogen) atoms. The maximum Gasteiger partial charge on any atom is 0.165 e. The highest BCUT2D eigenvalue weighted by molar-refractivity contribution is 9.13. The van der Waals surface area contributed by atoms with Gasteiger partial charge in [0.05, 0.1) is 8.99 Å². The van der Waals surface area contributed by atoms with Crippen molar-refractivity contribution in [2.75, 3.05) is 0 Å². The van der Waals surface area contributed by atoms with Crippen molar-refractivity contribution >= 4 is 49.4 Å². The number of hydrogen-bond donors (Lipinski definition) is 0. The Balaban J connectivity index is 2.67. The van der Waals surface area contributed by atoms with Crippen molar-refractivity contribution in [1.29, 1.82) is 0 Å². The van der Waals surface area contributed by atoms with E-state index in [9.17, 15) is 4.79 Å². The molecule has 1 aliphatic rings. The maximum atomic E-state index is 10.8. The number of halogens is 2. The topological polar surface area (TPSA) is 17.1 Å². The van der Waals surface area contributed by atoms with Crippen LogP contribution in [0.4, 0.5) is 0 Å². The number of hydrogen-bond acceptors (Lipinski definition) is 2. The Morgan fingerprint density at radius 1 is 1.70 bits per heavy atom. The van der Waals surface area contributed by atoms with E-state index in [1.807, 2.05) is 6.08 Å². The molecule has 56 valence electrons. The Morgan fingerprint density at radius 3 is 2.50 bits per heavy atom. The van der Waals surface area contributed by atoms with Gasteiger partial charge in [0.25, 0.3) is 0 Å². The number of carbonyl (C=O) groups excluding carboxylic acids is 1. The second-order valence-electron chi connectivity index (χ2n) is 2.00. The highest BCUT2D eigenvalue weighted by atomic mass is 79.9. The molecule has 0 aromatic carbocycles. The largest absolute Gasteiger partial charge is 0.294 e. The standard InChI is InChI=1S/C6H6Br2OS/c1-3(9)5-2-4(7)6(8)10-5/h2,4,6H,1H3. The van der Waals surface area contributed by atoms with Gasteiger partial charge in [0, 0.05) is 4.91 Å². The van der Waals surface area contributed by atoms with Crippen molar-refractivity contribution < 1.29 is 4.79 Å². The first-order valence-corrected chi connectivity index (χ1v) is 5.50. The molecule has 0 amide bonds. The second kappa shape index (κ2) is 3.41. The summed E-state index contributed by atoms with van der Waals surface area (Å²) in [6, 6.07) is 0. The summed E-state index contributed by atoms with van der Waals surface area (Å²) in [5.41, 5.74) is 0. The molecule has 0 saturated carbocycles. The van der Waals surface area contributed by atoms with Crippen LogP contribution in [0.25, 0.3) is 0 Å². The van der Waals surface area contributed by atoms with Gasteiger partial charge < -0.3 is 0 Å². The first-order valence-electron chi connectivity index (χ1n) is 2.79. The predicted octanol–water partition coefficient (Wildman–Crippen LogP) is 2.69. The number of carbonyl (C=O) groups is 1. The summed E-state index contributed by atoms with van der Waals surface area (Å²) in [4.78, 5) is 11.9. The smallest absolute Gasteiger partial charge is 0.165 e.